The van der Waals surface area contributed by atoms with Crippen molar-refractivity contribution in [3.8, 4) is 0 Å². The van der Waals surface area contributed by atoms with Gasteiger partial charge in [0.05, 0.1) is 6.20 Å². The first kappa shape index (κ1) is 12.0. The van der Waals surface area contributed by atoms with Gasteiger partial charge in [-0.25, -0.2) is 9.98 Å². The van der Waals surface area contributed by atoms with Crippen LogP contribution >= 0.6 is 0 Å². The second-order valence-corrected chi connectivity index (χ2v) is 4.92. The molecule has 1 heterocycles. The van der Waals surface area contributed by atoms with Crippen LogP contribution in [0.1, 0.15) is 44.3 Å². The summed E-state index contributed by atoms with van der Waals surface area (Å²) in [5.41, 5.74) is 5.73. The van der Waals surface area contributed by atoms with Crippen molar-refractivity contribution in [1.82, 2.24) is 10.3 Å². The van der Waals surface area contributed by atoms with Crippen LogP contribution in [-0.4, -0.2) is 17.5 Å². The summed E-state index contributed by atoms with van der Waals surface area (Å²) in [6, 6.07) is 0. The number of oxazole rings is 1. The molecule has 1 aromatic heterocycles. The molecule has 17 heavy (non-hydrogen) atoms. The molecule has 0 atom stereocenters. The van der Waals surface area contributed by atoms with E-state index in [0.29, 0.717) is 24.3 Å². The predicted molar refractivity (Wildman–Crippen MR) is 66.6 cm³/mol. The second kappa shape index (κ2) is 5.21. The van der Waals surface area contributed by atoms with Crippen molar-refractivity contribution in [3.05, 3.63) is 17.8 Å². The zero-order chi connectivity index (χ0) is 12.3. The number of guanidine groups is 1. The molecule has 1 fully saturated rings. The van der Waals surface area contributed by atoms with Crippen molar-refractivity contribution >= 4 is 5.96 Å². The van der Waals surface area contributed by atoms with Crippen LogP contribution in [0.5, 0.6) is 0 Å². The maximum absolute atomic E-state index is 5.73. The van der Waals surface area contributed by atoms with Crippen molar-refractivity contribution in [2.24, 2.45) is 16.6 Å². The lowest BCUT2D eigenvalue weighted by Crippen LogP contribution is -2.34. The normalized spacial score (nSPS) is 16.5. The molecule has 1 aromatic rings. The van der Waals surface area contributed by atoms with Crippen LogP contribution < -0.4 is 11.1 Å². The van der Waals surface area contributed by atoms with Crippen LogP contribution in [0, 0.1) is 5.92 Å². The molecule has 1 aliphatic carbocycles. The van der Waals surface area contributed by atoms with Crippen LogP contribution in [0.25, 0.3) is 0 Å². The van der Waals surface area contributed by atoms with E-state index in [2.05, 4.69) is 29.1 Å². The number of hydrogen-bond donors (Lipinski definition) is 2. The van der Waals surface area contributed by atoms with Crippen molar-refractivity contribution in [1.29, 1.82) is 0 Å². The van der Waals surface area contributed by atoms with Crippen molar-refractivity contribution in [2.45, 2.75) is 39.2 Å². The Morgan fingerprint density at radius 1 is 1.65 bits per heavy atom. The summed E-state index contributed by atoms with van der Waals surface area (Å²) in [5, 5.41) is 3.06. The third kappa shape index (κ3) is 3.76. The predicted octanol–water partition coefficient (Wildman–Crippen LogP) is 1.61. The molecule has 0 spiro atoms. The summed E-state index contributed by atoms with van der Waals surface area (Å²) in [5.74, 6) is 3.19. The first-order valence-corrected chi connectivity index (χ1v) is 6.13. The van der Waals surface area contributed by atoms with Crippen LogP contribution in [0.3, 0.4) is 0 Å². The first-order valence-electron chi connectivity index (χ1n) is 6.13. The Hall–Kier alpha value is -1.52. The number of hydrogen-bond acceptors (Lipinski definition) is 3. The van der Waals surface area contributed by atoms with Gasteiger partial charge in [-0.05, 0) is 18.8 Å². The average molecular weight is 236 g/mol. The lowest BCUT2D eigenvalue weighted by atomic mass is 10.2. The molecule has 1 aliphatic rings. The second-order valence-electron chi connectivity index (χ2n) is 4.92. The average Bonchev–Trinajstić information content (AvgIpc) is 3.04. The summed E-state index contributed by atoms with van der Waals surface area (Å²) in [4.78, 5) is 8.44. The van der Waals surface area contributed by atoms with Crippen molar-refractivity contribution < 1.29 is 4.42 Å². The van der Waals surface area contributed by atoms with Gasteiger partial charge in [0.25, 0.3) is 0 Å². The highest BCUT2D eigenvalue weighted by atomic mass is 16.4. The highest BCUT2D eigenvalue weighted by molar-refractivity contribution is 5.77. The number of nitrogens with zero attached hydrogens (tertiary/aromatic N) is 2. The summed E-state index contributed by atoms with van der Waals surface area (Å²) < 4.78 is 5.58. The molecule has 0 aliphatic heterocycles. The zero-order valence-electron chi connectivity index (χ0n) is 10.4. The standard InChI is InChI=1S/C12H20N4O/c1-8(2)5-15-12(13)16-7-10-6-14-11(17-10)9-3-4-9/h6,8-9H,3-5,7H2,1-2H3,(H3,13,15,16). The highest BCUT2D eigenvalue weighted by Gasteiger charge is 2.28. The molecule has 5 nitrogen and oxygen atoms in total. The Bertz CT molecular complexity index is 393. The van der Waals surface area contributed by atoms with Gasteiger partial charge in [-0.1, -0.05) is 13.8 Å². The smallest absolute Gasteiger partial charge is 0.197 e. The molecule has 94 valence electrons. The van der Waals surface area contributed by atoms with E-state index in [9.17, 15) is 0 Å². The van der Waals surface area contributed by atoms with Gasteiger partial charge in [0.1, 0.15) is 12.3 Å². The van der Waals surface area contributed by atoms with Gasteiger partial charge in [0, 0.05) is 12.5 Å². The van der Waals surface area contributed by atoms with E-state index >= 15 is 0 Å². The summed E-state index contributed by atoms with van der Waals surface area (Å²) in [6.45, 7) is 5.53. The molecule has 1 saturated carbocycles. The van der Waals surface area contributed by atoms with E-state index in [1.807, 2.05) is 0 Å². The molecule has 0 radical (unpaired) electrons. The maximum atomic E-state index is 5.73. The summed E-state index contributed by atoms with van der Waals surface area (Å²) in [6.07, 6.45) is 4.13. The molecule has 0 amide bonds. The Labute approximate surface area is 102 Å². The molecular formula is C12H20N4O. The minimum absolute atomic E-state index is 0.455. The quantitative estimate of drug-likeness (QED) is 0.601. The Kier molecular flexibility index (Phi) is 3.66. The number of nitrogens with one attached hydrogen (secondary N) is 1. The molecule has 0 aromatic carbocycles. The van der Waals surface area contributed by atoms with Gasteiger partial charge in [0.15, 0.2) is 11.9 Å². The summed E-state index contributed by atoms with van der Waals surface area (Å²) >= 11 is 0. The van der Waals surface area contributed by atoms with E-state index < -0.39 is 0 Å². The lowest BCUT2D eigenvalue weighted by Gasteiger charge is -2.07. The van der Waals surface area contributed by atoms with Gasteiger partial charge in [0.2, 0.25) is 0 Å². The third-order valence-corrected chi connectivity index (χ3v) is 2.59. The summed E-state index contributed by atoms with van der Waals surface area (Å²) in [7, 11) is 0. The molecule has 0 bridgehead atoms. The maximum Gasteiger partial charge on any atom is 0.197 e. The largest absolute Gasteiger partial charge is 0.443 e. The van der Waals surface area contributed by atoms with Crippen molar-refractivity contribution in [2.75, 3.05) is 6.54 Å². The van der Waals surface area contributed by atoms with Crippen LogP contribution in [0.4, 0.5) is 0 Å². The van der Waals surface area contributed by atoms with E-state index in [0.717, 1.165) is 18.2 Å². The molecule has 0 unspecified atom stereocenters. The molecule has 0 saturated heterocycles. The minimum Gasteiger partial charge on any atom is -0.443 e. The first-order chi connectivity index (χ1) is 8.15. The molecule has 3 N–H and O–H groups in total. The molecular weight excluding hydrogens is 216 g/mol. The van der Waals surface area contributed by atoms with E-state index in [4.69, 9.17) is 10.2 Å². The topological polar surface area (TPSA) is 76.4 Å². The fourth-order valence-electron chi connectivity index (χ4n) is 1.44. The zero-order valence-corrected chi connectivity index (χ0v) is 10.4. The van der Waals surface area contributed by atoms with Crippen molar-refractivity contribution in [3.63, 3.8) is 0 Å². The van der Waals surface area contributed by atoms with Gasteiger partial charge < -0.3 is 15.5 Å². The number of rotatable bonds is 5. The van der Waals surface area contributed by atoms with Gasteiger partial charge >= 0.3 is 0 Å². The van der Waals surface area contributed by atoms with Crippen LogP contribution in [0.15, 0.2) is 15.6 Å². The SMILES string of the molecule is CC(C)CNC(N)=NCc1cnc(C2CC2)o1. The van der Waals surface area contributed by atoms with E-state index in [-0.39, 0.29) is 0 Å². The third-order valence-electron chi connectivity index (χ3n) is 2.59. The fourth-order valence-corrected chi connectivity index (χ4v) is 1.44. The molecule has 2 rings (SSSR count). The monoisotopic (exact) mass is 236 g/mol. The lowest BCUT2D eigenvalue weighted by molar-refractivity contribution is 0.458. The van der Waals surface area contributed by atoms with E-state index in [1.165, 1.54) is 12.8 Å². The number of aromatic nitrogens is 1. The van der Waals surface area contributed by atoms with Gasteiger partial charge in [-0.15, -0.1) is 0 Å². The fraction of sp³-hybridized carbons (Fsp3) is 0.667. The number of aliphatic imine (C=N–C) groups is 1. The van der Waals surface area contributed by atoms with Gasteiger partial charge in [-0.2, -0.15) is 0 Å². The Morgan fingerprint density at radius 3 is 3.06 bits per heavy atom. The Morgan fingerprint density at radius 2 is 2.41 bits per heavy atom. The molecule has 5 heteroatoms. The number of nitrogens with two attached hydrogens (primary N) is 1. The Balaban J connectivity index is 1.80. The van der Waals surface area contributed by atoms with Gasteiger partial charge in [-0.3, -0.25) is 0 Å². The van der Waals surface area contributed by atoms with E-state index in [1.54, 1.807) is 6.20 Å². The van der Waals surface area contributed by atoms with Crippen LogP contribution in [-0.2, 0) is 6.54 Å². The van der Waals surface area contributed by atoms with Crippen LogP contribution in [0.2, 0.25) is 0 Å². The minimum atomic E-state index is 0.455. The highest BCUT2D eigenvalue weighted by Crippen LogP contribution is 2.39.